The average Bonchev–Trinajstić information content (AvgIpc) is 2.59. The summed E-state index contributed by atoms with van der Waals surface area (Å²) >= 11 is 0. The molecule has 0 spiro atoms. The zero-order chi connectivity index (χ0) is 15.6. The second-order valence-electron chi connectivity index (χ2n) is 5.89. The van der Waals surface area contributed by atoms with E-state index in [4.69, 9.17) is 5.26 Å². The molecule has 0 amide bonds. The van der Waals surface area contributed by atoms with Crippen LogP contribution < -0.4 is 0 Å². The maximum Gasteiger partial charge on any atom is 0.0991 e. The highest BCUT2D eigenvalue weighted by molar-refractivity contribution is 5.31. The molecule has 0 bridgehead atoms. The van der Waals surface area contributed by atoms with Crippen LogP contribution in [0.2, 0.25) is 0 Å². The van der Waals surface area contributed by atoms with Gasteiger partial charge >= 0.3 is 0 Å². The summed E-state index contributed by atoms with van der Waals surface area (Å²) in [4.78, 5) is 0. The Morgan fingerprint density at radius 2 is 1.14 bits per heavy atom. The van der Waals surface area contributed by atoms with Gasteiger partial charge in [-0.15, -0.1) is 0 Å². The van der Waals surface area contributed by atoms with E-state index in [0.29, 0.717) is 0 Å². The van der Waals surface area contributed by atoms with Crippen molar-refractivity contribution in [3.05, 3.63) is 70.8 Å². The molecule has 114 valence electrons. The lowest BCUT2D eigenvalue weighted by Gasteiger charge is -2.04. The number of nitrogens with zero attached hydrogens (tertiary/aromatic N) is 1. The van der Waals surface area contributed by atoms with Crippen LogP contribution in [0, 0.1) is 11.3 Å². The van der Waals surface area contributed by atoms with Crippen molar-refractivity contribution < 1.29 is 0 Å². The Morgan fingerprint density at radius 1 is 0.682 bits per heavy atom. The summed E-state index contributed by atoms with van der Waals surface area (Å²) in [5.41, 5.74) is 4.97. The molecular weight excluding hydrogens is 266 g/mol. The lowest BCUT2D eigenvalue weighted by Crippen LogP contribution is -1.89. The topological polar surface area (TPSA) is 23.8 Å². The summed E-state index contributed by atoms with van der Waals surface area (Å²) in [6, 6.07) is 19.2. The van der Waals surface area contributed by atoms with Gasteiger partial charge in [-0.25, -0.2) is 0 Å². The van der Waals surface area contributed by atoms with E-state index in [1.165, 1.54) is 48.8 Å². The first-order valence-electron chi connectivity index (χ1n) is 8.38. The van der Waals surface area contributed by atoms with E-state index in [1.807, 2.05) is 12.1 Å². The lowest BCUT2D eigenvalue weighted by molar-refractivity contribution is 0.640. The summed E-state index contributed by atoms with van der Waals surface area (Å²) in [6.45, 7) is 2.20. The van der Waals surface area contributed by atoms with Crippen LogP contribution in [-0.4, -0.2) is 0 Å². The number of hydrogen-bond acceptors (Lipinski definition) is 1. The highest BCUT2D eigenvalue weighted by atomic mass is 14.2. The SMILES string of the molecule is CCc1ccc(CCCCCCc2ccc(C#N)cc2)cc1. The van der Waals surface area contributed by atoms with Gasteiger partial charge in [0.2, 0.25) is 0 Å². The van der Waals surface area contributed by atoms with Gasteiger partial charge in [0, 0.05) is 0 Å². The first-order valence-corrected chi connectivity index (χ1v) is 8.38. The first-order chi connectivity index (χ1) is 10.8. The van der Waals surface area contributed by atoms with Gasteiger partial charge in [-0.1, -0.05) is 56.2 Å². The largest absolute Gasteiger partial charge is 0.192 e. The molecule has 2 aromatic rings. The summed E-state index contributed by atoms with van der Waals surface area (Å²) in [7, 11) is 0. The molecule has 0 heterocycles. The minimum Gasteiger partial charge on any atom is -0.192 e. The van der Waals surface area contributed by atoms with Crippen molar-refractivity contribution in [2.75, 3.05) is 0 Å². The van der Waals surface area contributed by atoms with Gasteiger partial charge in [0.05, 0.1) is 11.6 Å². The molecule has 0 aliphatic carbocycles. The molecule has 0 fully saturated rings. The molecule has 0 atom stereocenters. The molecule has 0 radical (unpaired) electrons. The van der Waals surface area contributed by atoms with Crippen molar-refractivity contribution >= 4 is 0 Å². The summed E-state index contributed by atoms with van der Waals surface area (Å²) < 4.78 is 0. The van der Waals surface area contributed by atoms with E-state index in [-0.39, 0.29) is 0 Å². The Morgan fingerprint density at radius 3 is 1.59 bits per heavy atom. The summed E-state index contributed by atoms with van der Waals surface area (Å²) in [5.74, 6) is 0. The molecule has 2 aromatic carbocycles. The monoisotopic (exact) mass is 291 g/mol. The second kappa shape index (κ2) is 9.05. The van der Waals surface area contributed by atoms with E-state index >= 15 is 0 Å². The number of benzene rings is 2. The van der Waals surface area contributed by atoms with Gasteiger partial charge in [-0.05, 0) is 60.9 Å². The molecule has 1 heteroatoms. The molecule has 0 aromatic heterocycles. The van der Waals surface area contributed by atoms with Crippen LogP contribution in [0.1, 0.15) is 54.9 Å². The molecule has 0 unspecified atom stereocenters. The Kier molecular flexibility index (Phi) is 6.71. The third kappa shape index (κ3) is 5.37. The minimum atomic E-state index is 0.748. The molecule has 0 saturated heterocycles. The molecule has 1 nitrogen and oxygen atoms in total. The Bertz CT molecular complexity index is 587. The maximum atomic E-state index is 8.77. The van der Waals surface area contributed by atoms with Gasteiger partial charge in [0.25, 0.3) is 0 Å². The summed E-state index contributed by atoms with van der Waals surface area (Å²) in [5, 5.41) is 8.77. The fraction of sp³-hybridized carbons (Fsp3) is 0.381. The molecule has 0 N–H and O–H groups in total. The number of hydrogen-bond donors (Lipinski definition) is 0. The van der Waals surface area contributed by atoms with Crippen LogP contribution in [-0.2, 0) is 19.3 Å². The van der Waals surface area contributed by atoms with Crippen molar-refractivity contribution in [2.24, 2.45) is 0 Å². The predicted molar refractivity (Wildman–Crippen MR) is 92.9 cm³/mol. The molecule has 0 aliphatic rings. The Hall–Kier alpha value is -2.07. The fourth-order valence-electron chi connectivity index (χ4n) is 2.70. The van der Waals surface area contributed by atoms with Crippen molar-refractivity contribution in [3.63, 3.8) is 0 Å². The third-order valence-corrected chi connectivity index (χ3v) is 4.20. The van der Waals surface area contributed by atoms with Gasteiger partial charge in [0.1, 0.15) is 0 Å². The van der Waals surface area contributed by atoms with Crippen molar-refractivity contribution in [3.8, 4) is 6.07 Å². The van der Waals surface area contributed by atoms with E-state index in [9.17, 15) is 0 Å². The zero-order valence-corrected chi connectivity index (χ0v) is 13.5. The third-order valence-electron chi connectivity index (χ3n) is 4.20. The van der Waals surface area contributed by atoms with Gasteiger partial charge in [-0.3, -0.25) is 0 Å². The molecule has 22 heavy (non-hydrogen) atoms. The first kappa shape index (κ1) is 16.3. The van der Waals surface area contributed by atoms with Crippen LogP contribution in [0.5, 0.6) is 0 Å². The molecule has 0 saturated carbocycles. The highest BCUT2D eigenvalue weighted by Crippen LogP contribution is 2.12. The normalized spacial score (nSPS) is 10.4. The summed E-state index contributed by atoms with van der Waals surface area (Å²) in [6.07, 6.45) is 8.53. The average molecular weight is 291 g/mol. The standard InChI is InChI=1S/C21H25N/c1-2-18-9-11-19(12-10-18)7-5-3-4-6-8-20-13-15-21(17-22)16-14-20/h9-16H,2-8H2,1H3. The number of aryl methyl sites for hydroxylation is 3. The Labute approximate surface area is 134 Å². The molecular formula is C21H25N. The van der Waals surface area contributed by atoms with E-state index in [1.54, 1.807) is 0 Å². The minimum absolute atomic E-state index is 0.748. The predicted octanol–water partition coefficient (Wildman–Crippen LogP) is 5.47. The number of rotatable bonds is 8. The number of nitriles is 1. The van der Waals surface area contributed by atoms with Crippen LogP contribution in [0.4, 0.5) is 0 Å². The van der Waals surface area contributed by atoms with Crippen molar-refractivity contribution in [1.29, 1.82) is 5.26 Å². The zero-order valence-electron chi connectivity index (χ0n) is 13.5. The van der Waals surface area contributed by atoms with E-state index in [0.717, 1.165) is 18.4 Å². The van der Waals surface area contributed by atoms with Gasteiger partial charge in [0.15, 0.2) is 0 Å². The fourth-order valence-corrected chi connectivity index (χ4v) is 2.70. The molecule has 0 aliphatic heterocycles. The molecule has 2 rings (SSSR count). The van der Waals surface area contributed by atoms with Crippen LogP contribution >= 0.6 is 0 Å². The van der Waals surface area contributed by atoms with Crippen molar-refractivity contribution in [2.45, 2.75) is 51.9 Å². The number of unbranched alkanes of at least 4 members (excludes halogenated alkanes) is 3. The van der Waals surface area contributed by atoms with Crippen LogP contribution in [0.25, 0.3) is 0 Å². The highest BCUT2D eigenvalue weighted by Gasteiger charge is 1.97. The van der Waals surface area contributed by atoms with E-state index in [2.05, 4.69) is 49.4 Å². The maximum absolute atomic E-state index is 8.77. The second-order valence-corrected chi connectivity index (χ2v) is 5.89. The lowest BCUT2D eigenvalue weighted by atomic mass is 10.0. The quantitative estimate of drug-likeness (QED) is 0.592. The van der Waals surface area contributed by atoms with Crippen LogP contribution in [0.15, 0.2) is 48.5 Å². The van der Waals surface area contributed by atoms with Crippen molar-refractivity contribution in [1.82, 2.24) is 0 Å². The Balaban J connectivity index is 1.59. The smallest absolute Gasteiger partial charge is 0.0991 e. The van der Waals surface area contributed by atoms with Crippen LogP contribution in [0.3, 0.4) is 0 Å². The van der Waals surface area contributed by atoms with Gasteiger partial charge in [-0.2, -0.15) is 5.26 Å². The van der Waals surface area contributed by atoms with Gasteiger partial charge < -0.3 is 0 Å². The van der Waals surface area contributed by atoms with E-state index < -0.39 is 0 Å².